The lowest BCUT2D eigenvalue weighted by Crippen LogP contribution is -2.35. The largest absolute Gasteiger partial charge is 0.489 e. The Morgan fingerprint density at radius 2 is 1.61 bits per heavy atom. The molecule has 0 amide bonds. The molecule has 3 aromatic rings. The van der Waals surface area contributed by atoms with Crippen LogP contribution in [0.4, 0.5) is 0 Å². The molecule has 6 nitrogen and oxygen atoms in total. The summed E-state index contributed by atoms with van der Waals surface area (Å²) in [5.74, 6) is 0.242. The third kappa shape index (κ3) is 7.20. The van der Waals surface area contributed by atoms with E-state index in [9.17, 15) is 4.79 Å². The Labute approximate surface area is 212 Å². The van der Waals surface area contributed by atoms with Crippen molar-refractivity contribution in [2.45, 2.75) is 20.4 Å². The molecule has 0 bridgehead atoms. The van der Waals surface area contributed by atoms with E-state index in [1.54, 1.807) is 12.1 Å². The molecule has 1 heterocycles. The molecule has 1 aliphatic rings. The molecule has 0 atom stereocenters. The van der Waals surface area contributed by atoms with Crippen LogP contribution in [0.25, 0.3) is 5.57 Å². The molecule has 3 aromatic carbocycles. The Morgan fingerprint density at radius 3 is 2.25 bits per heavy atom. The Kier molecular flexibility index (Phi) is 8.76. The van der Waals surface area contributed by atoms with E-state index in [4.69, 9.17) is 19.3 Å². The third-order valence-corrected chi connectivity index (χ3v) is 6.17. The fraction of sp³-hybridized carbons (Fsp3) is 0.300. The minimum absolute atomic E-state index is 0.366. The summed E-state index contributed by atoms with van der Waals surface area (Å²) in [6, 6.07) is 22.7. The van der Waals surface area contributed by atoms with E-state index in [0.29, 0.717) is 18.1 Å². The van der Waals surface area contributed by atoms with Gasteiger partial charge in [0.1, 0.15) is 18.1 Å². The van der Waals surface area contributed by atoms with E-state index in [-0.39, 0.29) is 6.61 Å². The second kappa shape index (κ2) is 12.4. The molecule has 4 rings (SSSR count). The van der Waals surface area contributed by atoms with Crippen LogP contribution in [0, 0.1) is 13.8 Å². The van der Waals surface area contributed by atoms with Gasteiger partial charge in [-0.25, -0.2) is 4.79 Å². The van der Waals surface area contributed by atoms with Gasteiger partial charge in [0.25, 0.3) is 0 Å². The van der Waals surface area contributed by atoms with Gasteiger partial charge < -0.3 is 19.3 Å². The molecule has 36 heavy (non-hydrogen) atoms. The lowest BCUT2D eigenvalue weighted by atomic mass is 9.96. The summed E-state index contributed by atoms with van der Waals surface area (Å²) in [4.78, 5) is 13.2. The summed E-state index contributed by atoms with van der Waals surface area (Å²) < 4.78 is 16.8. The molecular formula is C30H33NO5. The minimum Gasteiger partial charge on any atom is -0.489 e. The number of nitrogens with zero attached hydrogens (tertiary/aromatic N) is 1. The average Bonchev–Trinajstić information content (AvgIpc) is 2.88. The standard InChI is InChI=1S/C30H33NO5/c1-22-3-7-25(8-4-22)28(26-9-5-24(6-10-26)20-31-14-17-34-18-15-31)13-16-35-27-11-12-29(23(2)19-27)36-21-30(32)33/h3-13,19H,14-18,20-21H2,1-2H3,(H,32,33)/b28-13+. The molecule has 0 aliphatic carbocycles. The second-order valence-electron chi connectivity index (χ2n) is 8.99. The maximum Gasteiger partial charge on any atom is 0.341 e. The number of benzene rings is 3. The predicted octanol–water partition coefficient (Wildman–Crippen LogP) is 5.11. The normalized spacial score (nSPS) is 14.4. The summed E-state index contributed by atoms with van der Waals surface area (Å²) >= 11 is 0. The van der Waals surface area contributed by atoms with Crippen molar-refractivity contribution in [1.29, 1.82) is 0 Å². The van der Waals surface area contributed by atoms with Crippen molar-refractivity contribution in [3.05, 3.63) is 101 Å². The molecule has 188 valence electrons. The molecule has 1 fully saturated rings. The first-order valence-electron chi connectivity index (χ1n) is 12.2. The van der Waals surface area contributed by atoms with Crippen LogP contribution in [0.5, 0.6) is 11.5 Å². The molecule has 1 N–H and O–H groups in total. The van der Waals surface area contributed by atoms with Crippen LogP contribution < -0.4 is 9.47 Å². The van der Waals surface area contributed by atoms with Gasteiger partial charge >= 0.3 is 5.97 Å². The van der Waals surface area contributed by atoms with Gasteiger partial charge in [-0.15, -0.1) is 0 Å². The molecule has 0 spiro atoms. The van der Waals surface area contributed by atoms with Gasteiger partial charge in [-0.05, 0) is 65.9 Å². The highest BCUT2D eigenvalue weighted by Crippen LogP contribution is 2.26. The summed E-state index contributed by atoms with van der Waals surface area (Å²) in [5.41, 5.74) is 6.73. The van der Waals surface area contributed by atoms with Crippen molar-refractivity contribution in [3.63, 3.8) is 0 Å². The number of morpholine rings is 1. The van der Waals surface area contributed by atoms with Gasteiger partial charge in [-0.3, -0.25) is 4.90 Å². The first kappa shape index (κ1) is 25.5. The van der Waals surface area contributed by atoms with Crippen molar-refractivity contribution in [3.8, 4) is 11.5 Å². The zero-order valence-electron chi connectivity index (χ0n) is 20.9. The summed E-state index contributed by atoms with van der Waals surface area (Å²) in [7, 11) is 0. The molecule has 0 radical (unpaired) electrons. The molecule has 0 unspecified atom stereocenters. The van der Waals surface area contributed by atoms with Gasteiger partial charge in [0, 0.05) is 19.6 Å². The quantitative estimate of drug-likeness (QED) is 0.429. The zero-order valence-corrected chi connectivity index (χ0v) is 20.9. The zero-order chi connectivity index (χ0) is 25.3. The smallest absolute Gasteiger partial charge is 0.341 e. The van der Waals surface area contributed by atoms with Crippen LogP contribution in [-0.2, 0) is 16.1 Å². The Bertz CT molecular complexity index is 1180. The topological polar surface area (TPSA) is 68.2 Å². The molecule has 1 saturated heterocycles. The van der Waals surface area contributed by atoms with E-state index in [0.717, 1.165) is 55.1 Å². The monoisotopic (exact) mass is 487 g/mol. The third-order valence-electron chi connectivity index (χ3n) is 6.17. The van der Waals surface area contributed by atoms with Crippen LogP contribution in [0.15, 0.2) is 72.8 Å². The van der Waals surface area contributed by atoms with Crippen molar-refractivity contribution >= 4 is 11.5 Å². The van der Waals surface area contributed by atoms with Gasteiger partial charge in [0.15, 0.2) is 6.61 Å². The van der Waals surface area contributed by atoms with Crippen molar-refractivity contribution in [2.75, 3.05) is 39.5 Å². The van der Waals surface area contributed by atoms with Crippen LogP contribution in [-0.4, -0.2) is 55.5 Å². The van der Waals surface area contributed by atoms with E-state index < -0.39 is 5.97 Å². The van der Waals surface area contributed by atoms with Crippen molar-refractivity contribution in [2.24, 2.45) is 0 Å². The second-order valence-corrected chi connectivity index (χ2v) is 8.99. The highest BCUT2D eigenvalue weighted by molar-refractivity contribution is 5.80. The average molecular weight is 488 g/mol. The first-order valence-corrected chi connectivity index (χ1v) is 12.2. The van der Waals surface area contributed by atoms with Gasteiger partial charge in [-0.1, -0.05) is 54.1 Å². The van der Waals surface area contributed by atoms with Gasteiger partial charge in [0.05, 0.1) is 13.2 Å². The first-order chi connectivity index (χ1) is 17.5. The van der Waals surface area contributed by atoms with E-state index in [1.165, 1.54) is 11.1 Å². The van der Waals surface area contributed by atoms with Crippen molar-refractivity contribution in [1.82, 2.24) is 4.90 Å². The number of rotatable bonds is 10. The fourth-order valence-electron chi connectivity index (χ4n) is 4.18. The van der Waals surface area contributed by atoms with E-state index >= 15 is 0 Å². The number of carbonyl (C=O) groups is 1. The van der Waals surface area contributed by atoms with Gasteiger partial charge in [0.2, 0.25) is 0 Å². The fourth-order valence-corrected chi connectivity index (χ4v) is 4.18. The Hall–Kier alpha value is -3.61. The maximum absolute atomic E-state index is 10.8. The Morgan fingerprint density at radius 1 is 0.944 bits per heavy atom. The van der Waals surface area contributed by atoms with Crippen LogP contribution in [0.1, 0.15) is 27.8 Å². The summed E-state index contributed by atoms with van der Waals surface area (Å²) in [6.45, 7) is 8.47. The maximum atomic E-state index is 10.8. The van der Waals surface area contributed by atoms with Gasteiger partial charge in [-0.2, -0.15) is 0 Å². The summed E-state index contributed by atoms with van der Waals surface area (Å²) in [6.07, 6.45) is 2.10. The summed E-state index contributed by atoms with van der Waals surface area (Å²) in [5, 5.41) is 8.82. The highest BCUT2D eigenvalue weighted by atomic mass is 16.5. The predicted molar refractivity (Wildman–Crippen MR) is 141 cm³/mol. The lowest BCUT2D eigenvalue weighted by molar-refractivity contribution is -0.139. The molecule has 1 aliphatic heterocycles. The number of hydrogen-bond acceptors (Lipinski definition) is 5. The highest BCUT2D eigenvalue weighted by Gasteiger charge is 2.12. The Balaban J connectivity index is 1.48. The SMILES string of the molecule is Cc1ccc(/C(=C\COc2ccc(OCC(=O)O)c(C)c2)c2ccc(CN3CCOCC3)cc2)cc1. The molecular weight excluding hydrogens is 454 g/mol. The number of aliphatic carboxylic acids is 1. The van der Waals surface area contributed by atoms with Crippen LogP contribution in [0.2, 0.25) is 0 Å². The number of ether oxygens (including phenoxy) is 3. The van der Waals surface area contributed by atoms with Crippen LogP contribution >= 0.6 is 0 Å². The van der Waals surface area contributed by atoms with E-state index in [2.05, 4.69) is 66.4 Å². The number of hydrogen-bond donors (Lipinski definition) is 1. The number of aryl methyl sites for hydroxylation is 2. The van der Waals surface area contributed by atoms with Crippen LogP contribution in [0.3, 0.4) is 0 Å². The number of carboxylic acid groups (broad SMARTS) is 1. The number of carboxylic acids is 1. The van der Waals surface area contributed by atoms with E-state index in [1.807, 2.05) is 13.0 Å². The molecule has 0 aromatic heterocycles. The molecule has 0 saturated carbocycles. The minimum atomic E-state index is -1.00. The van der Waals surface area contributed by atoms with Crippen molar-refractivity contribution < 1.29 is 24.1 Å². The lowest BCUT2D eigenvalue weighted by Gasteiger charge is -2.26. The molecule has 6 heteroatoms.